The number of nitrogen functional groups attached to an aromatic ring is 1. The van der Waals surface area contributed by atoms with Gasteiger partial charge in [-0.25, -0.2) is 14.4 Å². The summed E-state index contributed by atoms with van der Waals surface area (Å²) >= 11 is 3.16. The van der Waals surface area contributed by atoms with Crippen molar-refractivity contribution < 1.29 is 4.39 Å². The standard InChI is InChI=1S/C9H6BrFN4/c10-7-4-14-9(12)8(15-7)6-3-5(11)1-2-13-6/h1-4H,(H2,12,14). The highest BCUT2D eigenvalue weighted by molar-refractivity contribution is 9.10. The van der Waals surface area contributed by atoms with Gasteiger partial charge < -0.3 is 5.73 Å². The lowest BCUT2D eigenvalue weighted by molar-refractivity contribution is 0.626. The van der Waals surface area contributed by atoms with E-state index in [-0.39, 0.29) is 11.6 Å². The number of nitrogens with two attached hydrogens (primary N) is 1. The predicted molar refractivity (Wildman–Crippen MR) is 57.3 cm³/mol. The Hall–Kier alpha value is -1.56. The summed E-state index contributed by atoms with van der Waals surface area (Å²) in [6.45, 7) is 0. The zero-order valence-corrected chi connectivity index (χ0v) is 9.07. The zero-order valence-electron chi connectivity index (χ0n) is 7.48. The Bertz CT molecular complexity index is 503. The molecule has 2 N–H and O–H groups in total. The molecule has 2 aromatic heterocycles. The summed E-state index contributed by atoms with van der Waals surface area (Å²) in [5.41, 5.74) is 6.34. The molecule has 0 aromatic carbocycles. The highest BCUT2D eigenvalue weighted by Crippen LogP contribution is 2.21. The average Bonchev–Trinajstić information content (AvgIpc) is 2.22. The third-order valence-corrected chi connectivity index (χ3v) is 2.12. The van der Waals surface area contributed by atoms with Crippen molar-refractivity contribution in [1.29, 1.82) is 0 Å². The molecule has 15 heavy (non-hydrogen) atoms. The number of pyridine rings is 1. The Morgan fingerprint density at radius 3 is 2.87 bits per heavy atom. The molecule has 0 fully saturated rings. The van der Waals surface area contributed by atoms with Crippen LogP contribution in [0.1, 0.15) is 0 Å². The van der Waals surface area contributed by atoms with Gasteiger partial charge in [-0.1, -0.05) is 0 Å². The Balaban J connectivity index is 2.58. The largest absolute Gasteiger partial charge is 0.382 e. The topological polar surface area (TPSA) is 64.7 Å². The normalized spacial score (nSPS) is 10.3. The van der Waals surface area contributed by atoms with Gasteiger partial charge in [0, 0.05) is 12.3 Å². The van der Waals surface area contributed by atoms with Crippen molar-refractivity contribution >= 4 is 21.7 Å². The van der Waals surface area contributed by atoms with Gasteiger partial charge >= 0.3 is 0 Å². The number of anilines is 1. The van der Waals surface area contributed by atoms with Crippen molar-refractivity contribution in [3.05, 3.63) is 34.9 Å². The third-order valence-electron chi connectivity index (χ3n) is 1.74. The second-order valence-corrected chi connectivity index (χ2v) is 3.60. The molecule has 0 aliphatic rings. The van der Waals surface area contributed by atoms with E-state index in [1.165, 1.54) is 24.5 Å². The first-order valence-electron chi connectivity index (χ1n) is 4.07. The van der Waals surface area contributed by atoms with Crippen LogP contribution in [0.2, 0.25) is 0 Å². The van der Waals surface area contributed by atoms with Crippen LogP contribution in [-0.4, -0.2) is 15.0 Å². The summed E-state index contributed by atoms with van der Waals surface area (Å²) in [5.74, 6) is -0.169. The predicted octanol–water partition coefficient (Wildman–Crippen LogP) is 2.02. The van der Waals surface area contributed by atoms with E-state index < -0.39 is 0 Å². The Labute approximate surface area is 93.5 Å². The molecule has 6 heteroatoms. The molecule has 0 saturated carbocycles. The lowest BCUT2D eigenvalue weighted by Crippen LogP contribution is -1.98. The SMILES string of the molecule is Nc1ncc(Br)nc1-c1cc(F)ccn1. The van der Waals surface area contributed by atoms with Gasteiger partial charge in [-0.05, 0) is 22.0 Å². The number of halogens is 2. The summed E-state index contributed by atoms with van der Waals surface area (Å²) in [7, 11) is 0. The van der Waals surface area contributed by atoms with E-state index in [0.29, 0.717) is 16.0 Å². The van der Waals surface area contributed by atoms with Crippen LogP contribution in [0.3, 0.4) is 0 Å². The lowest BCUT2D eigenvalue weighted by Gasteiger charge is -2.03. The average molecular weight is 269 g/mol. The fourth-order valence-electron chi connectivity index (χ4n) is 1.10. The molecule has 0 atom stereocenters. The first-order valence-corrected chi connectivity index (χ1v) is 4.86. The highest BCUT2D eigenvalue weighted by Gasteiger charge is 2.08. The maximum atomic E-state index is 12.9. The number of hydrogen-bond acceptors (Lipinski definition) is 4. The monoisotopic (exact) mass is 268 g/mol. The van der Waals surface area contributed by atoms with Gasteiger partial charge in [-0.2, -0.15) is 0 Å². The van der Waals surface area contributed by atoms with E-state index >= 15 is 0 Å². The fourth-order valence-corrected chi connectivity index (χ4v) is 1.38. The smallest absolute Gasteiger partial charge is 0.151 e. The first-order chi connectivity index (χ1) is 7.16. The molecule has 0 aliphatic heterocycles. The van der Waals surface area contributed by atoms with Crippen LogP contribution in [0.25, 0.3) is 11.4 Å². The summed E-state index contributed by atoms with van der Waals surface area (Å²) in [4.78, 5) is 11.9. The molecule has 4 nitrogen and oxygen atoms in total. The maximum absolute atomic E-state index is 12.9. The molecule has 0 unspecified atom stereocenters. The molecule has 2 aromatic rings. The minimum absolute atomic E-state index is 0.219. The minimum atomic E-state index is -0.388. The lowest BCUT2D eigenvalue weighted by atomic mass is 10.2. The molecule has 0 spiro atoms. The molecular formula is C9H6BrFN4. The molecule has 0 saturated heterocycles. The van der Waals surface area contributed by atoms with Crippen molar-refractivity contribution in [1.82, 2.24) is 15.0 Å². The Morgan fingerprint density at radius 2 is 2.13 bits per heavy atom. The number of hydrogen-bond donors (Lipinski definition) is 1. The zero-order chi connectivity index (χ0) is 10.8. The van der Waals surface area contributed by atoms with E-state index in [1.54, 1.807) is 0 Å². The van der Waals surface area contributed by atoms with Crippen molar-refractivity contribution in [2.24, 2.45) is 0 Å². The minimum Gasteiger partial charge on any atom is -0.382 e. The van der Waals surface area contributed by atoms with Gasteiger partial charge in [0.25, 0.3) is 0 Å². The van der Waals surface area contributed by atoms with E-state index in [0.717, 1.165) is 0 Å². The molecule has 2 rings (SSSR count). The van der Waals surface area contributed by atoms with Crippen molar-refractivity contribution in [3.8, 4) is 11.4 Å². The molecule has 2 heterocycles. The Morgan fingerprint density at radius 1 is 1.33 bits per heavy atom. The van der Waals surface area contributed by atoms with Gasteiger partial charge in [0.1, 0.15) is 16.1 Å². The van der Waals surface area contributed by atoms with E-state index in [4.69, 9.17) is 5.73 Å². The molecular weight excluding hydrogens is 263 g/mol. The van der Waals surface area contributed by atoms with Crippen LogP contribution in [0.4, 0.5) is 10.2 Å². The summed E-state index contributed by atoms with van der Waals surface area (Å²) in [6.07, 6.45) is 2.82. The maximum Gasteiger partial charge on any atom is 0.151 e. The van der Waals surface area contributed by atoms with Gasteiger partial charge in [-0.3, -0.25) is 4.98 Å². The molecule has 0 aliphatic carbocycles. The Kier molecular flexibility index (Phi) is 2.59. The van der Waals surface area contributed by atoms with Crippen LogP contribution in [-0.2, 0) is 0 Å². The van der Waals surface area contributed by atoms with Crippen LogP contribution >= 0.6 is 15.9 Å². The van der Waals surface area contributed by atoms with Gasteiger partial charge in [-0.15, -0.1) is 0 Å². The molecule has 0 amide bonds. The molecule has 76 valence electrons. The summed E-state index contributed by atoms with van der Waals surface area (Å²) in [6, 6.07) is 2.51. The van der Waals surface area contributed by atoms with Crippen molar-refractivity contribution in [2.75, 3.05) is 5.73 Å². The van der Waals surface area contributed by atoms with Gasteiger partial charge in [0.2, 0.25) is 0 Å². The van der Waals surface area contributed by atoms with Gasteiger partial charge in [0.15, 0.2) is 5.82 Å². The summed E-state index contributed by atoms with van der Waals surface area (Å²) in [5, 5.41) is 0. The van der Waals surface area contributed by atoms with E-state index in [2.05, 4.69) is 30.9 Å². The fraction of sp³-hybridized carbons (Fsp3) is 0. The van der Waals surface area contributed by atoms with Crippen LogP contribution in [0, 0.1) is 5.82 Å². The van der Waals surface area contributed by atoms with Crippen LogP contribution in [0.15, 0.2) is 29.1 Å². The van der Waals surface area contributed by atoms with Crippen molar-refractivity contribution in [2.45, 2.75) is 0 Å². The van der Waals surface area contributed by atoms with Gasteiger partial charge in [0.05, 0.1) is 11.9 Å². The van der Waals surface area contributed by atoms with Crippen LogP contribution in [0.5, 0.6) is 0 Å². The molecule has 0 radical (unpaired) electrons. The van der Waals surface area contributed by atoms with E-state index in [1.807, 2.05) is 0 Å². The molecule has 0 bridgehead atoms. The first kappa shape index (κ1) is 9.97. The second kappa shape index (κ2) is 3.90. The van der Waals surface area contributed by atoms with E-state index in [9.17, 15) is 4.39 Å². The summed E-state index contributed by atoms with van der Waals surface area (Å²) < 4.78 is 13.5. The quantitative estimate of drug-likeness (QED) is 0.860. The van der Waals surface area contributed by atoms with Crippen LogP contribution < -0.4 is 5.73 Å². The highest BCUT2D eigenvalue weighted by atomic mass is 79.9. The third kappa shape index (κ3) is 2.10. The van der Waals surface area contributed by atoms with Crippen molar-refractivity contribution in [3.63, 3.8) is 0 Å². The number of rotatable bonds is 1. The number of aromatic nitrogens is 3. The number of nitrogens with zero attached hydrogens (tertiary/aromatic N) is 3. The second-order valence-electron chi connectivity index (χ2n) is 2.79.